The maximum atomic E-state index is 13.4. The molecule has 0 spiro atoms. The van der Waals surface area contributed by atoms with E-state index in [0.29, 0.717) is 36.6 Å². The molecule has 38 heavy (non-hydrogen) atoms. The molecule has 0 saturated heterocycles. The maximum Gasteiger partial charge on any atom is 0.240 e. The molecule has 4 aromatic rings. The molecule has 1 aliphatic carbocycles. The standard InChI is InChI=1S/C29H29FN4O3S/c1-19(20-4-7-23(30)8-5-20)29(28(31)35)14-12-24(13-15-29)34-38(36,37)25-9-11-26-21(17-25)6-10-27(33-26)22-3-2-16-32-18-22/h2-11,16-19,24,34H,12-15H2,1H3,(H2,31,35)/t19-,24?,29?/m1/s1. The zero-order valence-corrected chi connectivity index (χ0v) is 21.8. The molecule has 5 rings (SSSR count). The topological polar surface area (TPSA) is 115 Å². The van der Waals surface area contributed by atoms with Gasteiger partial charge in [0.25, 0.3) is 0 Å². The predicted molar refractivity (Wildman–Crippen MR) is 144 cm³/mol. The van der Waals surface area contributed by atoms with Gasteiger partial charge in [0.1, 0.15) is 5.82 Å². The minimum Gasteiger partial charge on any atom is -0.369 e. The zero-order chi connectivity index (χ0) is 26.9. The minimum absolute atomic E-state index is 0.160. The number of aromatic nitrogens is 2. The number of halogens is 1. The Morgan fingerprint density at radius 1 is 1.08 bits per heavy atom. The lowest BCUT2D eigenvalue weighted by atomic mass is 9.63. The molecular formula is C29H29FN4O3S. The fourth-order valence-corrected chi connectivity index (χ4v) is 6.79. The van der Waals surface area contributed by atoms with Crippen molar-refractivity contribution in [3.8, 4) is 11.3 Å². The first-order chi connectivity index (χ1) is 18.2. The van der Waals surface area contributed by atoms with Gasteiger partial charge in [-0.05, 0) is 85.7 Å². The second kappa shape index (κ2) is 10.2. The van der Waals surface area contributed by atoms with E-state index in [-0.39, 0.29) is 22.7 Å². The van der Waals surface area contributed by atoms with Crippen molar-refractivity contribution in [2.24, 2.45) is 11.1 Å². The van der Waals surface area contributed by atoms with E-state index in [1.165, 1.54) is 12.1 Å². The quantitative estimate of drug-likeness (QED) is 0.350. The summed E-state index contributed by atoms with van der Waals surface area (Å²) in [5.41, 5.74) is 8.21. The van der Waals surface area contributed by atoms with Crippen LogP contribution in [0.1, 0.15) is 44.1 Å². The number of carbonyl (C=O) groups excluding carboxylic acids is 1. The number of benzene rings is 2. The number of primary amides is 1. The molecule has 1 aliphatic rings. The van der Waals surface area contributed by atoms with E-state index in [1.54, 1.807) is 42.7 Å². The molecule has 196 valence electrons. The summed E-state index contributed by atoms with van der Waals surface area (Å²) in [4.78, 5) is 21.5. The van der Waals surface area contributed by atoms with E-state index in [9.17, 15) is 17.6 Å². The lowest BCUT2D eigenvalue weighted by molar-refractivity contribution is -0.131. The monoisotopic (exact) mass is 532 g/mol. The number of sulfonamides is 1. The number of rotatable bonds is 7. The first-order valence-electron chi connectivity index (χ1n) is 12.6. The molecule has 1 saturated carbocycles. The third-order valence-corrected chi connectivity index (χ3v) is 9.34. The Hall–Kier alpha value is -3.69. The van der Waals surface area contributed by atoms with Crippen molar-refractivity contribution in [3.63, 3.8) is 0 Å². The average molecular weight is 533 g/mol. The lowest BCUT2D eigenvalue weighted by Crippen LogP contribution is -2.48. The zero-order valence-electron chi connectivity index (χ0n) is 21.0. The van der Waals surface area contributed by atoms with Crippen LogP contribution in [-0.2, 0) is 14.8 Å². The second-order valence-electron chi connectivity index (χ2n) is 9.98. The summed E-state index contributed by atoms with van der Waals surface area (Å²) < 4.78 is 42.7. The number of nitrogens with two attached hydrogens (primary N) is 1. The summed E-state index contributed by atoms with van der Waals surface area (Å²) in [6.07, 6.45) is 5.24. The Bertz CT molecular complexity index is 1570. The van der Waals surface area contributed by atoms with Crippen LogP contribution >= 0.6 is 0 Å². The fraction of sp³-hybridized carbons (Fsp3) is 0.276. The third-order valence-electron chi connectivity index (χ3n) is 7.82. The lowest BCUT2D eigenvalue weighted by Gasteiger charge is -2.42. The molecule has 0 radical (unpaired) electrons. The van der Waals surface area contributed by atoms with Crippen LogP contribution in [0.4, 0.5) is 4.39 Å². The first-order valence-corrected chi connectivity index (χ1v) is 14.1. The minimum atomic E-state index is -3.79. The van der Waals surface area contributed by atoms with Gasteiger partial charge in [0.15, 0.2) is 0 Å². The van der Waals surface area contributed by atoms with Gasteiger partial charge in [-0.2, -0.15) is 0 Å². The number of carbonyl (C=O) groups is 1. The molecule has 0 bridgehead atoms. The van der Waals surface area contributed by atoms with Crippen molar-refractivity contribution >= 4 is 26.8 Å². The Morgan fingerprint density at radius 2 is 1.82 bits per heavy atom. The van der Waals surface area contributed by atoms with Gasteiger partial charge in [-0.25, -0.2) is 22.5 Å². The summed E-state index contributed by atoms with van der Waals surface area (Å²) in [5.74, 6) is -0.975. The van der Waals surface area contributed by atoms with Crippen LogP contribution in [0.3, 0.4) is 0 Å². The molecule has 2 aromatic heterocycles. The van der Waals surface area contributed by atoms with Crippen LogP contribution in [0.15, 0.2) is 84.0 Å². The van der Waals surface area contributed by atoms with Crippen LogP contribution in [0.5, 0.6) is 0 Å². The van der Waals surface area contributed by atoms with Crippen LogP contribution in [0.25, 0.3) is 22.2 Å². The largest absolute Gasteiger partial charge is 0.369 e. The van der Waals surface area contributed by atoms with Gasteiger partial charge in [-0.15, -0.1) is 0 Å². The van der Waals surface area contributed by atoms with Gasteiger partial charge in [0.05, 0.1) is 21.5 Å². The molecule has 7 nitrogen and oxygen atoms in total. The Morgan fingerprint density at radius 3 is 2.47 bits per heavy atom. The molecule has 1 atom stereocenters. The second-order valence-corrected chi connectivity index (χ2v) is 11.7. The molecule has 1 amide bonds. The Balaban J connectivity index is 1.31. The SMILES string of the molecule is C[C@H](c1ccc(F)cc1)C1(C(N)=O)CCC(NS(=O)(=O)c2ccc3nc(-c4cccnc4)ccc3c2)CC1. The van der Waals surface area contributed by atoms with Gasteiger partial charge in [0, 0.05) is 29.4 Å². The summed E-state index contributed by atoms with van der Waals surface area (Å²) in [7, 11) is -3.79. The van der Waals surface area contributed by atoms with E-state index >= 15 is 0 Å². The van der Waals surface area contributed by atoms with Crippen molar-refractivity contribution < 1.29 is 17.6 Å². The highest BCUT2D eigenvalue weighted by Gasteiger charge is 2.45. The normalized spacial score (nSPS) is 20.7. The summed E-state index contributed by atoms with van der Waals surface area (Å²) in [6, 6.07) is 18.1. The Kier molecular flexibility index (Phi) is 6.98. The number of pyridine rings is 2. The summed E-state index contributed by atoms with van der Waals surface area (Å²) >= 11 is 0. The number of nitrogens with zero attached hydrogens (tertiary/aromatic N) is 2. The molecule has 0 aliphatic heterocycles. The summed E-state index contributed by atoms with van der Waals surface area (Å²) in [6.45, 7) is 1.92. The number of nitrogens with one attached hydrogen (secondary N) is 1. The highest BCUT2D eigenvalue weighted by atomic mass is 32.2. The smallest absolute Gasteiger partial charge is 0.240 e. The molecule has 3 N–H and O–H groups in total. The highest BCUT2D eigenvalue weighted by molar-refractivity contribution is 7.89. The number of hydrogen-bond donors (Lipinski definition) is 2. The van der Waals surface area contributed by atoms with Crippen LogP contribution in [-0.4, -0.2) is 30.3 Å². The van der Waals surface area contributed by atoms with E-state index in [4.69, 9.17) is 5.73 Å². The van der Waals surface area contributed by atoms with Gasteiger partial charge < -0.3 is 5.73 Å². The third kappa shape index (κ3) is 5.04. The fourth-order valence-electron chi connectivity index (χ4n) is 5.45. The first kappa shape index (κ1) is 25.9. The van der Waals surface area contributed by atoms with Crippen molar-refractivity contribution in [1.82, 2.24) is 14.7 Å². The number of hydrogen-bond acceptors (Lipinski definition) is 5. The van der Waals surface area contributed by atoms with Crippen molar-refractivity contribution in [1.29, 1.82) is 0 Å². The number of fused-ring (bicyclic) bond motifs is 1. The van der Waals surface area contributed by atoms with Gasteiger partial charge in [-0.1, -0.05) is 25.1 Å². The molecular weight excluding hydrogens is 503 g/mol. The average Bonchev–Trinajstić information content (AvgIpc) is 2.93. The molecule has 9 heteroatoms. The predicted octanol–water partition coefficient (Wildman–Crippen LogP) is 4.93. The molecule has 2 heterocycles. The molecule has 2 aromatic carbocycles. The van der Waals surface area contributed by atoms with Crippen molar-refractivity contribution in [3.05, 3.63) is 90.5 Å². The van der Waals surface area contributed by atoms with E-state index < -0.39 is 21.3 Å². The van der Waals surface area contributed by atoms with Crippen LogP contribution < -0.4 is 10.5 Å². The van der Waals surface area contributed by atoms with E-state index in [1.807, 2.05) is 31.2 Å². The maximum absolute atomic E-state index is 13.4. The Labute approximate surface area is 221 Å². The van der Waals surface area contributed by atoms with Crippen LogP contribution in [0, 0.1) is 11.2 Å². The van der Waals surface area contributed by atoms with E-state index in [2.05, 4.69) is 14.7 Å². The van der Waals surface area contributed by atoms with E-state index in [0.717, 1.165) is 16.8 Å². The van der Waals surface area contributed by atoms with Gasteiger partial charge in [-0.3, -0.25) is 9.78 Å². The van der Waals surface area contributed by atoms with Crippen molar-refractivity contribution in [2.75, 3.05) is 0 Å². The van der Waals surface area contributed by atoms with Crippen molar-refractivity contribution in [2.45, 2.75) is 49.5 Å². The molecule has 1 fully saturated rings. The summed E-state index contributed by atoms with van der Waals surface area (Å²) in [5, 5.41) is 0.713. The molecule has 0 unspecified atom stereocenters. The number of amides is 1. The van der Waals surface area contributed by atoms with Crippen LogP contribution in [0.2, 0.25) is 0 Å². The highest BCUT2D eigenvalue weighted by Crippen LogP contribution is 2.47. The van der Waals surface area contributed by atoms with Gasteiger partial charge in [0.2, 0.25) is 15.9 Å². The van der Waals surface area contributed by atoms with Gasteiger partial charge >= 0.3 is 0 Å².